The summed E-state index contributed by atoms with van der Waals surface area (Å²) in [6.45, 7) is 5.36. The molecule has 12 heteroatoms. The summed E-state index contributed by atoms with van der Waals surface area (Å²) in [5.74, 6) is -0.459. The van der Waals surface area contributed by atoms with Gasteiger partial charge in [-0.1, -0.05) is 23.5 Å². The molecule has 2 unspecified atom stereocenters. The molecule has 0 saturated carbocycles. The van der Waals surface area contributed by atoms with Gasteiger partial charge in [-0.15, -0.1) is 0 Å². The highest BCUT2D eigenvalue weighted by molar-refractivity contribution is 8.14. The molecule has 0 saturated heterocycles. The number of hydrogen-bond acceptors (Lipinski definition) is 10. The fraction of sp³-hybridized carbons (Fsp3) is 0.625. The molecule has 10 nitrogen and oxygen atoms in total. The number of nitrogens with two attached hydrogens (primary N) is 2. The number of ether oxygens (including phenoxy) is 2. The van der Waals surface area contributed by atoms with Crippen LogP contribution in [0.2, 0.25) is 0 Å². The zero-order valence-electron chi connectivity index (χ0n) is 15.9. The molecule has 0 fully saturated rings. The molecule has 0 aromatic carbocycles. The molecule has 2 atom stereocenters. The summed E-state index contributed by atoms with van der Waals surface area (Å²) in [5, 5.41) is 16.9. The van der Waals surface area contributed by atoms with E-state index in [4.69, 9.17) is 31.2 Å². The molecular weight excluding hydrogens is 408 g/mol. The van der Waals surface area contributed by atoms with Crippen LogP contribution in [0, 0.1) is 0 Å². The van der Waals surface area contributed by atoms with Gasteiger partial charge in [0.15, 0.2) is 22.8 Å². The lowest BCUT2D eigenvalue weighted by molar-refractivity contribution is -0.134. The van der Waals surface area contributed by atoms with Crippen LogP contribution in [0.25, 0.3) is 0 Å². The Labute approximate surface area is 172 Å². The Hall–Kier alpha value is -1.76. The van der Waals surface area contributed by atoms with Crippen LogP contribution in [0.15, 0.2) is 22.1 Å². The van der Waals surface area contributed by atoms with E-state index in [9.17, 15) is 9.59 Å². The summed E-state index contributed by atoms with van der Waals surface area (Å²) < 4.78 is 10.5. The number of hydrogen-bond donors (Lipinski definition) is 4. The molecule has 0 aromatic rings. The number of carboxylic acids is 2. The molecule has 0 spiro atoms. The van der Waals surface area contributed by atoms with Crippen LogP contribution in [0.1, 0.15) is 26.7 Å². The third-order valence-electron chi connectivity index (χ3n) is 2.86. The van der Waals surface area contributed by atoms with E-state index in [1.807, 2.05) is 13.8 Å². The van der Waals surface area contributed by atoms with Crippen molar-refractivity contribution in [2.75, 3.05) is 24.7 Å². The molecule has 2 heterocycles. The standard InChI is InChI=1S/2C6H12N2OS.C4H4O4/c2*1-2-9-5-3-4-10-6(7)8-5;5-3(6)1-2-4(7)8/h2*5H,2-4H2,1H3,(H2,7,8);1-2H,(H,5,6)(H,7,8)/b;;2-1+. The summed E-state index contributed by atoms with van der Waals surface area (Å²) in [4.78, 5) is 27.3. The lowest BCUT2D eigenvalue weighted by atomic mass is 10.4. The number of amidine groups is 2. The number of rotatable bonds is 6. The highest BCUT2D eigenvalue weighted by Gasteiger charge is 2.13. The molecular formula is C16H28N4O6S2. The van der Waals surface area contributed by atoms with Crippen LogP contribution >= 0.6 is 23.5 Å². The highest BCUT2D eigenvalue weighted by Crippen LogP contribution is 2.16. The minimum Gasteiger partial charge on any atom is -0.478 e. The van der Waals surface area contributed by atoms with Crippen molar-refractivity contribution in [2.45, 2.75) is 39.1 Å². The average molecular weight is 437 g/mol. The van der Waals surface area contributed by atoms with Gasteiger partial charge in [0.05, 0.1) is 0 Å². The van der Waals surface area contributed by atoms with Crippen LogP contribution in [-0.4, -0.2) is 69.7 Å². The fourth-order valence-electron chi connectivity index (χ4n) is 1.78. The predicted octanol–water partition coefficient (Wildman–Crippen LogP) is 1.31. The summed E-state index contributed by atoms with van der Waals surface area (Å²) in [7, 11) is 0. The summed E-state index contributed by atoms with van der Waals surface area (Å²) in [6, 6.07) is 0. The molecule has 0 aromatic heterocycles. The number of aliphatic imine (C=N–C) groups is 2. The van der Waals surface area contributed by atoms with Gasteiger partial charge in [0, 0.05) is 49.7 Å². The molecule has 2 aliphatic rings. The monoisotopic (exact) mass is 436 g/mol. The summed E-state index contributed by atoms with van der Waals surface area (Å²) in [6.07, 6.45) is 3.13. The van der Waals surface area contributed by atoms with E-state index in [0.717, 1.165) is 24.3 Å². The fourth-order valence-corrected chi connectivity index (χ4v) is 3.23. The maximum Gasteiger partial charge on any atom is 0.328 e. The van der Waals surface area contributed by atoms with Crippen LogP contribution in [0.3, 0.4) is 0 Å². The van der Waals surface area contributed by atoms with Gasteiger partial charge in [0.2, 0.25) is 0 Å². The topological polar surface area (TPSA) is 170 Å². The molecule has 6 N–H and O–H groups in total. The number of carboxylic acid groups (broad SMARTS) is 2. The van der Waals surface area contributed by atoms with Crippen LogP contribution < -0.4 is 11.5 Å². The Morgan fingerprint density at radius 1 is 0.964 bits per heavy atom. The van der Waals surface area contributed by atoms with Crippen molar-refractivity contribution < 1.29 is 29.3 Å². The normalized spacial score (nSPS) is 21.4. The summed E-state index contributed by atoms with van der Waals surface area (Å²) >= 11 is 3.19. The number of aliphatic carboxylic acids is 2. The molecule has 28 heavy (non-hydrogen) atoms. The number of thioether (sulfide) groups is 2. The molecule has 0 radical (unpaired) electrons. The lowest BCUT2D eigenvalue weighted by Gasteiger charge is -2.16. The molecule has 0 bridgehead atoms. The summed E-state index contributed by atoms with van der Waals surface area (Å²) in [5.41, 5.74) is 11.0. The van der Waals surface area contributed by atoms with Gasteiger partial charge in [0.25, 0.3) is 0 Å². The van der Waals surface area contributed by atoms with E-state index in [1.165, 1.54) is 0 Å². The van der Waals surface area contributed by atoms with E-state index in [2.05, 4.69) is 9.98 Å². The number of nitrogens with zero attached hydrogens (tertiary/aromatic N) is 2. The Kier molecular flexibility index (Phi) is 15.2. The van der Waals surface area contributed by atoms with Gasteiger partial charge in [-0.25, -0.2) is 19.6 Å². The smallest absolute Gasteiger partial charge is 0.328 e. The van der Waals surface area contributed by atoms with Crippen molar-refractivity contribution in [3.63, 3.8) is 0 Å². The molecule has 2 rings (SSSR count). The van der Waals surface area contributed by atoms with Gasteiger partial charge in [-0.3, -0.25) is 0 Å². The van der Waals surface area contributed by atoms with E-state index >= 15 is 0 Å². The van der Waals surface area contributed by atoms with Crippen molar-refractivity contribution in [2.24, 2.45) is 21.5 Å². The molecule has 2 aliphatic heterocycles. The van der Waals surface area contributed by atoms with E-state index in [0.29, 0.717) is 35.7 Å². The Bertz CT molecular complexity index is 523. The maximum atomic E-state index is 9.55. The minimum absolute atomic E-state index is 0.0197. The van der Waals surface area contributed by atoms with Crippen LogP contribution in [0.5, 0.6) is 0 Å². The lowest BCUT2D eigenvalue weighted by Crippen LogP contribution is -2.22. The van der Waals surface area contributed by atoms with Gasteiger partial charge in [-0.2, -0.15) is 0 Å². The second-order valence-electron chi connectivity index (χ2n) is 5.04. The predicted molar refractivity (Wildman–Crippen MR) is 113 cm³/mol. The third kappa shape index (κ3) is 15.3. The van der Waals surface area contributed by atoms with Crippen molar-refractivity contribution >= 4 is 45.8 Å². The van der Waals surface area contributed by atoms with Crippen molar-refractivity contribution in [1.82, 2.24) is 0 Å². The van der Waals surface area contributed by atoms with Gasteiger partial charge < -0.3 is 31.2 Å². The highest BCUT2D eigenvalue weighted by atomic mass is 32.2. The van der Waals surface area contributed by atoms with Gasteiger partial charge in [-0.05, 0) is 13.8 Å². The maximum absolute atomic E-state index is 9.55. The Morgan fingerprint density at radius 2 is 1.32 bits per heavy atom. The first-order valence-electron chi connectivity index (χ1n) is 8.57. The van der Waals surface area contributed by atoms with Crippen molar-refractivity contribution in [1.29, 1.82) is 0 Å². The second-order valence-corrected chi connectivity index (χ2v) is 7.27. The van der Waals surface area contributed by atoms with E-state index < -0.39 is 11.9 Å². The first-order valence-corrected chi connectivity index (χ1v) is 10.5. The average Bonchev–Trinajstić information content (AvgIpc) is 2.62. The minimum atomic E-state index is -1.26. The first kappa shape index (κ1) is 26.2. The van der Waals surface area contributed by atoms with Crippen molar-refractivity contribution in [3.8, 4) is 0 Å². The Balaban J connectivity index is 0.000000394. The van der Waals surface area contributed by atoms with Crippen LogP contribution in [0.4, 0.5) is 0 Å². The molecule has 160 valence electrons. The van der Waals surface area contributed by atoms with E-state index in [-0.39, 0.29) is 12.5 Å². The van der Waals surface area contributed by atoms with Crippen LogP contribution in [-0.2, 0) is 19.1 Å². The third-order valence-corrected chi connectivity index (χ3v) is 4.54. The first-order chi connectivity index (χ1) is 13.3. The quantitative estimate of drug-likeness (QED) is 0.445. The van der Waals surface area contributed by atoms with Crippen molar-refractivity contribution in [3.05, 3.63) is 12.2 Å². The zero-order valence-corrected chi connectivity index (χ0v) is 17.6. The second kappa shape index (κ2) is 16.2. The largest absolute Gasteiger partial charge is 0.478 e. The van der Waals surface area contributed by atoms with Gasteiger partial charge in [0.1, 0.15) is 0 Å². The molecule has 0 aliphatic carbocycles. The van der Waals surface area contributed by atoms with E-state index in [1.54, 1.807) is 23.5 Å². The SMILES string of the molecule is CCOC1CCSC(N)=N1.CCOC1CCSC(N)=N1.O=C(O)/C=C/C(=O)O. The zero-order chi connectivity index (χ0) is 21.4. The van der Waals surface area contributed by atoms with Gasteiger partial charge >= 0.3 is 11.9 Å². The Morgan fingerprint density at radius 3 is 1.57 bits per heavy atom. The molecule has 0 amide bonds. The number of carbonyl (C=O) groups is 2.